The molecule has 0 heterocycles. The van der Waals surface area contributed by atoms with Gasteiger partial charge in [-0.05, 0) is 22.3 Å². The molecule has 0 aliphatic rings. The fourth-order valence-electron chi connectivity index (χ4n) is 3.25. The van der Waals surface area contributed by atoms with Crippen LogP contribution < -0.4 is 20.4 Å². The molecule has 0 amide bonds. The zero-order valence-electron chi connectivity index (χ0n) is 28.3. The van der Waals surface area contributed by atoms with Crippen molar-refractivity contribution in [3.8, 4) is 23.0 Å². The van der Waals surface area contributed by atoms with Crippen LogP contribution in [0.1, 0.15) is 22.3 Å². The third-order valence-electron chi connectivity index (χ3n) is 5.54. The zero-order valence-corrected chi connectivity index (χ0v) is 34.3. The first kappa shape index (κ1) is 47.1. The largest absolute Gasteiger partial charge is 2.00 e. The minimum Gasteiger partial charge on any atom is -0.872 e. The van der Waals surface area contributed by atoms with E-state index in [2.05, 4.69) is 46.3 Å². The summed E-state index contributed by atoms with van der Waals surface area (Å²) in [5.74, 6) is 0.0197. The molecule has 0 aliphatic heterocycles. The summed E-state index contributed by atoms with van der Waals surface area (Å²) in [5, 5.41) is 44.4. The fourth-order valence-corrected chi connectivity index (χ4v) is 3.25. The van der Waals surface area contributed by atoms with Gasteiger partial charge in [0.2, 0.25) is 0 Å². The van der Waals surface area contributed by atoms with Crippen molar-refractivity contribution >= 4 is 24.9 Å². The Morgan fingerprint density at radius 2 is 0.540 bits per heavy atom. The molecule has 0 atom stereocenters. The Hall–Kier alpha value is -5.03. The van der Waals surface area contributed by atoms with Crippen molar-refractivity contribution in [2.24, 2.45) is 20.0 Å². The summed E-state index contributed by atoms with van der Waals surface area (Å²) in [4.78, 5) is 15.9. The Morgan fingerprint density at radius 1 is 0.360 bits per heavy atom. The first-order valence-corrected chi connectivity index (χ1v) is 14.8. The van der Waals surface area contributed by atoms with Crippen molar-refractivity contribution in [2.75, 3.05) is 26.2 Å². The van der Waals surface area contributed by atoms with Crippen LogP contribution in [0.15, 0.2) is 168 Å². The number of hydrogen-bond acceptors (Lipinski definition) is 8. The minimum atomic E-state index is 0. The molecule has 0 unspecified atom stereocenters. The summed E-state index contributed by atoms with van der Waals surface area (Å²) < 4.78 is 0. The fraction of sp³-hybridized carbons (Fsp3) is 0.100. The Labute approximate surface area is 321 Å². The molecule has 0 spiro atoms. The van der Waals surface area contributed by atoms with E-state index in [0.717, 1.165) is 0 Å². The molecular formula is C40H40N4O4Zn2. The summed E-state index contributed by atoms with van der Waals surface area (Å²) in [5.41, 5.74) is 2.50. The smallest absolute Gasteiger partial charge is 0.872 e. The van der Waals surface area contributed by atoms with Gasteiger partial charge in [0, 0.05) is 24.9 Å². The van der Waals surface area contributed by atoms with Gasteiger partial charge in [0.1, 0.15) is 0 Å². The van der Waals surface area contributed by atoms with E-state index in [1.807, 2.05) is 24.3 Å². The van der Waals surface area contributed by atoms with Crippen LogP contribution in [-0.2, 0) is 39.0 Å². The summed E-state index contributed by atoms with van der Waals surface area (Å²) in [7, 11) is 0. The summed E-state index contributed by atoms with van der Waals surface area (Å²) in [6, 6.07) is 27.2. The maximum Gasteiger partial charge on any atom is 2.00 e. The van der Waals surface area contributed by atoms with Gasteiger partial charge in [-0.25, -0.2) is 0 Å². The summed E-state index contributed by atoms with van der Waals surface area (Å²) in [6.45, 7) is 16.3. The van der Waals surface area contributed by atoms with Crippen LogP contribution in [0.4, 0.5) is 0 Å². The van der Waals surface area contributed by atoms with Gasteiger partial charge in [0.25, 0.3) is 0 Å². The van der Waals surface area contributed by atoms with E-state index in [0.29, 0.717) is 48.4 Å². The number of rotatable bonds is 12. The Kier molecular flexibility index (Phi) is 29.4. The quantitative estimate of drug-likeness (QED) is 0.107. The van der Waals surface area contributed by atoms with Crippen LogP contribution in [-0.4, -0.2) is 51.0 Å². The molecule has 4 rings (SSSR count). The topological polar surface area (TPSA) is 142 Å². The minimum absolute atomic E-state index is 0. The third-order valence-corrected chi connectivity index (χ3v) is 5.54. The average Bonchev–Trinajstić information content (AvgIpc) is 3.10. The van der Waals surface area contributed by atoms with Gasteiger partial charge in [-0.2, -0.15) is 0 Å². The molecule has 50 heavy (non-hydrogen) atoms. The molecule has 0 aromatic heterocycles. The van der Waals surface area contributed by atoms with E-state index in [-0.39, 0.29) is 62.0 Å². The third kappa shape index (κ3) is 21.8. The van der Waals surface area contributed by atoms with Gasteiger partial charge in [-0.15, -0.1) is 49.3 Å². The maximum absolute atomic E-state index is 11.1. The molecule has 0 fully saturated rings. The average molecular weight is 772 g/mol. The molecule has 0 aliphatic carbocycles. The predicted molar refractivity (Wildman–Crippen MR) is 194 cm³/mol. The van der Waals surface area contributed by atoms with Gasteiger partial charge in [0.05, 0.1) is 26.2 Å². The number of hydrogen-bond donors (Lipinski definition) is 0. The number of aliphatic imine (C=N–C) groups is 4. The second-order valence-corrected chi connectivity index (χ2v) is 9.28. The van der Waals surface area contributed by atoms with Gasteiger partial charge in [-0.3, -0.25) is 20.0 Å². The second kappa shape index (κ2) is 31.2. The molecule has 0 N–H and O–H groups in total. The van der Waals surface area contributed by atoms with Crippen molar-refractivity contribution in [2.45, 2.75) is 0 Å². The molecule has 248 valence electrons. The van der Waals surface area contributed by atoms with Crippen molar-refractivity contribution < 1.29 is 59.4 Å². The summed E-state index contributed by atoms with van der Waals surface area (Å²) in [6.07, 6.45) is 13.0. The van der Waals surface area contributed by atoms with Crippen LogP contribution >= 0.6 is 0 Å². The van der Waals surface area contributed by atoms with Gasteiger partial charge < -0.3 is 20.4 Å². The normalized spacial score (nSPS) is 9.92. The number of nitrogens with zero attached hydrogens (tertiary/aromatic N) is 4. The van der Waals surface area contributed by atoms with Crippen LogP contribution in [0.25, 0.3) is 0 Å². The Bertz CT molecular complexity index is 1420. The zero-order chi connectivity index (χ0) is 35.2. The standard InChI is InChI=1S/4C10H11NO.2Zn/c4*1-2-7-11-8-9-5-3-4-6-10(9)12;;/h4*2-6,8,12H,1,7H2;;/q;;;;2*+2/p-4. The Balaban J connectivity index is 0. The molecule has 4 aromatic carbocycles. The Morgan fingerprint density at radius 3 is 0.700 bits per heavy atom. The molecule has 8 nitrogen and oxygen atoms in total. The first-order valence-electron chi connectivity index (χ1n) is 14.8. The first-order chi connectivity index (χ1) is 23.4. The molecule has 4 aromatic rings. The maximum atomic E-state index is 11.1. The SMILES string of the molecule is C=CCN=Cc1ccccc1[O-].C=CCN=Cc1ccccc1[O-].C=CCN=Cc1ccccc1[O-].C=CCN=Cc1ccccc1[O-].[Zn+2].[Zn+2]. The molecular weight excluding hydrogens is 731 g/mol. The van der Waals surface area contributed by atoms with E-state index < -0.39 is 0 Å². The van der Waals surface area contributed by atoms with Crippen LogP contribution in [0.5, 0.6) is 23.0 Å². The van der Waals surface area contributed by atoms with Crippen LogP contribution in [0.2, 0.25) is 0 Å². The molecule has 0 saturated carbocycles. The van der Waals surface area contributed by atoms with Gasteiger partial charge >= 0.3 is 39.0 Å². The predicted octanol–water partition coefficient (Wildman–Crippen LogP) is 5.46. The second-order valence-electron chi connectivity index (χ2n) is 9.28. The number of benzene rings is 4. The van der Waals surface area contributed by atoms with E-state index in [4.69, 9.17) is 0 Å². The van der Waals surface area contributed by atoms with Gasteiger partial charge in [0.15, 0.2) is 0 Å². The monoisotopic (exact) mass is 768 g/mol. The van der Waals surface area contributed by atoms with Crippen molar-refractivity contribution in [1.29, 1.82) is 0 Å². The summed E-state index contributed by atoms with van der Waals surface area (Å²) >= 11 is 0. The molecule has 0 saturated heterocycles. The van der Waals surface area contributed by atoms with E-state index in [1.165, 1.54) is 24.3 Å². The van der Waals surface area contributed by atoms with Crippen LogP contribution in [0, 0.1) is 0 Å². The molecule has 0 radical (unpaired) electrons. The van der Waals surface area contributed by atoms with E-state index >= 15 is 0 Å². The number of para-hydroxylation sites is 4. The van der Waals surface area contributed by atoms with E-state index in [1.54, 1.807) is 97.7 Å². The van der Waals surface area contributed by atoms with Crippen molar-refractivity contribution in [3.05, 3.63) is 170 Å². The van der Waals surface area contributed by atoms with Crippen molar-refractivity contribution in [1.82, 2.24) is 0 Å². The molecule has 0 bridgehead atoms. The van der Waals surface area contributed by atoms with Crippen LogP contribution in [0.3, 0.4) is 0 Å². The van der Waals surface area contributed by atoms with Gasteiger partial charge in [-0.1, -0.05) is 121 Å². The molecule has 10 heteroatoms. The van der Waals surface area contributed by atoms with Crippen molar-refractivity contribution in [3.63, 3.8) is 0 Å². The van der Waals surface area contributed by atoms with E-state index in [9.17, 15) is 20.4 Å².